The van der Waals surface area contributed by atoms with E-state index in [1.54, 1.807) is 6.07 Å². The largest absolute Gasteiger partial charge is 0.416 e. The first-order chi connectivity index (χ1) is 13.3. The van der Waals surface area contributed by atoms with Crippen LogP contribution >= 0.6 is 0 Å². The van der Waals surface area contributed by atoms with Crippen molar-refractivity contribution in [2.45, 2.75) is 12.6 Å². The van der Waals surface area contributed by atoms with Gasteiger partial charge in [0.05, 0.1) is 22.5 Å². The monoisotopic (exact) mass is 388 g/mol. The summed E-state index contributed by atoms with van der Waals surface area (Å²) in [7, 11) is 0. The van der Waals surface area contributed by atoms with Crippen LogP contribution in [0.4, 0.5) is 18.9 Å². The highest BCUT2D eigenvalue weighted by Crippen LogP contribution is 2.31. The van der Waals surface area contributed by atoms with Crippen LogP contribution in [0, 0.1) is 0 Å². The molecule has 0 unspecified atom stereocenters. The van der Waals surface area contributed by atoms with Gasteiger partial charge in [0, 0.05) is 24.9 Å². The van der Waals surface area contributed by atoms with Crippen molar-refractivity contribution in [3.63, 3.8) is 0 Å². The van der Waals surface area contributed by atoms with E-state index < -0.39 is 17.6 Å². The molecule has 0 saturated heterocycles. The zero-order valence-electron chi connectivity index (χ0n) is 14.4. The van der Waals surface area contributed by atoms with Crippen molar-refractivity contribution in [3.8, 4) is 0 Å². The molecule has 0 spiro atoms. The Morgan fingerprint density at radius 3 is 2.61 bits per heavy atom. The van der Waals surface area contributed by atoms with Crippen LogP contribution < -0.4 is 16.4 Å². The van der Waals surface area contributed by atoms with Gasteiger partial charge >= 0.3 is 6.18 Å². The van der Waals surface area contributed by atoms with Crippen LogP contribution in [-0.2, 0) is 12.6 Å². The fraction of sp³-hybridized carbons (Fsp3) is 0.105. The van der Waals surface area contributed by atoms with Gasteiger partial charge in [-0.15, -0.1) is 0 Å². The number of anilines is 1. The Morgan fingerprint density at radius 1 is 1.14 bits per heavy atom. The van der Waals surface area contributed by atoms with Crippen LogP contribution in [0.25, 0.3) is 0 Å². The maximum atomic E-state index is 12.9. The molecule has 3 aromatic rings. The molecule has 2 aromatic heterocycles. The van der Waals surface area contributed by atoms with Gasteiger partial charge in [-0.3, -0.25) is 14.6 Å². The van der Waals surface area contributed by atoms with Crippen molar-refractivity contribution in [2.75, 3.05) is 5.01 Å². The molecule has 2 heterocycles. The summed E-state index contributed by atoms with van der Waals surface area (Å²) in [6.07, 6.45) is -1.33. The van der Waals surface area contributed by atoms with Gasteiger partial charge in [0.1, 0.15) is 0 Å². The lowest BCUT2D eigenvalue weighted by Gasteiger charge is -2.19. The summed E-state index contributed by atoms with van der Waals surface area (Å²) in [5.41, 5.74) is -0.0455. The van der Waals surface area contributed by atoms with Gasteiger partial charge in [-0.05, 0) is 35.9 Å². The van der Waals surface area contributed by atoms with Gasteiger partial charge in [-0.2, -0.15) is 13.2 Å². The maximum Gasteiger partial charge on any atom is 0.416 e. The summed E-state index contributed by atoms with van der Waals surface area (Å²) in [4.78, 5) is 30.7. The number of carbonyl (C=O) groups is 1. The SMILES string of the molecule is NN(C(=O)c1cccnc1Cc1ccc(=O)[nH]c1)c1cccc(C(F)(F)F)c1. The second-order valence-electron chi connectivity index (χ2n) is 5.96. The van der Waals surface area contributed by atoms with E-state index in [0.717, 1.165) is 12.1 Å². The minimum absolute atomic E-state index is 0.0985. The third-order valence-corrected chi connectivity index (χ3v) is 4.01. The van der Waals surface area contributed by atoms with Gasteiger partial charge in [0.25, 0.3) is 5.91 Å². The Morgan fingerprint density at radius 2 is 1.93 bits per heavy atom. The molecule has 0 saturated carbocycles. The third kappa shape index (κ3) is 4.26. The first kappa shape index (κ1) is 19.3. The van der Waals surface area contributed by atoms with Crippen LogP contribution in [-0.4, -0.2) is 15.9 Å². The molecule has 0 radical (unpaired) electrons. The van der Waals surface area contributed by atoms with Crippen molar-refractivity contribution in [2.24, 2.45) is 5.84 Å². The van der Waals surface area contributed by atoms with E-state index in [1.807, 2.05) is 0 Å². The maximum absolute atomic E-state index is 12.9. The number of alkyl halides is 3. The molecule has 0 bridgehead atoms. The molecule has 0 aliphatic heterocycles. The second kappa shape index (κ2) is 7.65. The number of hydrogen-bond acceptors (Lipinski definition) is 4. The third-order valence-electron chi connectivity index (χ3n) is 4.01. The van der Waals surface area contributed by atoms with E-state index in [0.29, 0.717) is 16.3 Å². The molecular weight excluding hydrogens is 373 g/mol. The van der Waals surface area contributed by atoms with Crippen LogP contribution in [0.1, 0.15) is 27.2 Å². The number of carbonyl (C=O) groups excluding carboxylic acids is 1. The zero-order valence-corrected chi connectivity index (χ0v) is 14.4. The number of H-pyrrole nitrogens is 1. The predicted octanol–water partition coefficient (Wildman–Crippen LogP) is 2.90. The molecule has 1 aromatic carbocycles. The fourth-order valence-electron chi connectivity index (χ4n) is 2.60. The van der Waals surface area contributed by atoms with Crippen LogP contribution in [0.2, 0.25) is 0 Å². The molecule has 9 heteroatoms. The predicted molar refractivity (Wildman–Crippen MR) is 96.5 cm³/mol. The first-order valence-electron chi connectivity index (χ1n) is 8.13. The molecule has 0 aliphatic carbocycles. The van der Waals surface area contributed by atoms with E-state index in [4.69, 9.17) is 5.84 Å². The van der Waals surface area contributed by atoms with Crippen LogP contribution in [0.3, 0.4) is 0 Å². The summed E-state index contributed by atoms with van der Waals surface area (Å²) in [6, 6.07) is 10.1. The summed E-state index contributed by atoms with van der Waals surface area (Å²) < 4.78 is 38.7. The van der Waals surface area contributed by atoms with E-state index >= 15 is 0 Å². The van der Waals surface area contributed by atoms with E-state index in [9.17, 15) is 22.8 Å². The van der Waals surface area contributed by atoms with E-state index in [-0.39, 0.29) is 23.2 Å². The molecule has 0 fully saturated rings. The molecule has 28 heavy (non-hydrogen) atoms. The van der Waals surface area contributed by atoms with Gasteiger partial charge < -0.3 is 4.98 Å². The number of nitrogens with zero attached hydrogens (tertiary/aromatic N) is 2. The van der Waals surface area contributed by atoms with Gasteiger partial charge in [0.15, 0.2) is 0 Å². The second-order valence-corrected chi connectivity index (χ2v) is 5.96. The standard InChI is InChI=1S/C19H15F3N4O2/c20-19(21,22)13-3-1-4-14(10-13)26(23)18(28)15-5-2-8-24-16(15)9-12-6-7-17(27)25-11-12/h1-8,10-11H,9,23H2,(H,25,27). The highest BCUT2D eigenvalue weighted by atomic mass is 19.4. The van der Waals surface area contributed by atoms with Crippen molar-refractivity contribution >= 4 is 11.6 Å². The number of benzene rings is 1. The van der Waals surface area contributed by atoms with Gasteiger partial charge in [-0.25, -0.2) is 10.9 Å². The topological polar surface area (TPSA) is 92.1 Å². The highest BCUT2D eigenvalue weighted by Gasteiger charge is 2.31. The quantitative estimate of drug-likeness (QED) is 0.408. The molecule has 3 rings (SSSR count). The summed E-state index contributed by atoms with van der Waals surface area (Å²) in [5, 5.41) is 0.655. The molecule has 3 N–H and O–H groups in total. The van der Waals surface area contributed by atoms with E-state index in [1.165, 1.54) is 42.7 Å². The molecule has 6 nitrogen and oxygen atoms in total. The number of aromatic nitrogens is 2. The summed E-state index contributed by atoms with van der Waals surface area (Å²) >= 11 is 0. The molecule has 1 amide bonds. The minimum Gasteiger partial charge on any atom is -0.329 e. The molecular formula is C19H15F3N4O2. The number of rotatable bonds is 4. The van der Waals surface area contributed by atoms with Crippen LogP contribution in [0.5, 0.6) is 0 Å². The number of pyridine rings is 2. The Labute approximate surface area is 157 Å². The number of amides is 1. The Kier molecular flexibility index (Phi) is 5.27. The lowest BCUT2D eigenvalue weighted by Crippen LogP contribution is -2.38. The Bertz CT molecular complexity index is 1040. The molecule has 0 aliphatic rings. The number of nitrogens with two attached hydrogens (primary N) is 1. The summed E-state index contributed by atoms with van der Waals surface area (Å²) in [5.74, 6) is 5.10. The lowest BCUT2D eigenvalue weighted by molar-refractivity contribution is -0.137. The minimum atomic E-state index is -4.55. The smallest absolute Gasteiger partial charge is 0.329 e. The van der Waals surface area contributed by atoms with Crippen molar-refractivity contribution < 1.29 is 18.0 Å². The normalized spacial score (nSPS) is 11.3. The number of aromatic amines is 1. The zero-order chi connectivity index (χ0) is 20.3. The Balaban J connectivity index is 1.90. The number of nitrogens with one attached hydrogen (secondary N) is 1. The van der Waals surface area contributed by atoms with Gasteiger partial charge in [-0.1, -0.05) is 12.1 Å². The lowest BCUT2D eigenvalue weighted by atomic mass is 10.1. The molecule has 144 valence electrons. The number of halogens is 3. The summed E-state index contributed by atoms with van der Waals surface area (Å²) in [6.45, 7) is 0. The average Bonchev–Trinajstić information content (AvgIpc) is 2.68. The van der Waals surface area contributed by atoms with Crippen molar-refractivity contribution in [1.82, 2.24) is 9.97 Å². The van der Waals surface area contributed by atoms with Crippen molar-refractivity contribution in [1.29, 1.82) is 0 Å². The number of hydrazine groups is 1. The average molecular weight is 388 g/mol. The van der Waals surface area contributed by atoms with E-state index in [2.05, 4.69) is 9.97 Å². The Hall–Kier alpha value is -3.46. The van der Waals surface area contributed by atoms with Crippen LogP contribution in [0.15, 0.2) is 65.7 Å². The fourth-order valence-corrected chi connectivity index (χ4v) is 2.60. The number of hydrogen-bond donors (Lipinski definition) is 2. The molecule has 0 atom stereocenters. The van der Waals surface area contributed by atoms with Crippen molar-refractivity contribution in [3.05, 3.63) is 93.7 Å². The van der Waals surface area contributed by atoms with Gasteiger partial charge in [0.2, 0.25) is 5.56 Å². The first-order valence-corrected chi connectivity index (χ1v) is 8.13. The highest BCUT2D eigenvalue weighted by molar-refractivity contribution is 6.06.